The molecule has 12 nitrogen and oxygen atoms in total. The van der Waals surface area contributed by atoms with Crippen molar-refractivity contribution in [2.75, 3.05) is 21.3 Å². The van der Waals surface area contributed by atoms with Gasteiger partial charge in [-0.25, -0.2) is 15.2 Å². The number of ether oxygens (including phenoxy) is 3. The number of imidazole rings is 1. The summed E-state index contributed by atoms with van der Waals surface area (Å²) in [4.78, 5) is 40.9. The van der Waals surface area contributed by atoms with Gasteiger partial charge in [0.2, 0.25) is 0 Å². The van der Waals surface area contributed by atoms with Crippen LogP contribution in [0.15, 0.2) is 33.2 Å². The Morgan fingerprint density at radius 1 is 1.10 bits per heavy atom. The Bertz CT molecular complexity index is 1260. The molecule has 0 atom stereocenters. The number of nitrogens with one attached hydrogen (secondary N) is 1. The number of hydrazone groups is 1. The molecule has 2 heterocycles. The molecule has 164 valence electrons. The van der Waals surface area contributed by atoms with E-state index in [1.807, 2.05) is 0 Å². The minimum Gasteiger partial charge on any atom is -0.496 e. The largest absolute Gasteiger partial charge is 0.496 e. The molecule has 31 heavy (non-hydrogen) atoms. The van der Waals surface area contributed by atoms with Crippen LogP contribution in [-0.4, -0.2) is 52.1 Å². The Kier molecular flexibility index (Phi) is 6.09. The zero-order valence-electron chi connectivity index (χ0n) is 17.7. The molecular weight excluding hydrogens is 408 g/mol. The number of methoxy groups -OCH3 is 3. The normalized spacial score (nSPS) is 11.1. The summed E-state index contributed by atoms with van der Waals surface area (Å²) in [5, 5.41) is 3.95. The van der Waals surface area contributed by atoms with Crippen LogP contribution < -0.4 is 30.9 Å². The van der Waals surface area contributed by atoms with Gasteiger partial charge in [0.1, 0.15) is 23.8 Å². The fourth-order valence-electron chi connectivity index (χ4n) is 3.04. The highest BCUT2D eigenvalue weighted by Crippen LogP contribution is 2.32. The van der Waals surface area contributed by atoms with Gasteiger partial charge in [0.25, 0.3) is 11.5 Å². The molecule has 0 fully saturated rings. The highest BCUT2D eigenvalue weighted by atomic mass is 16.5. The lowest BCUT2D eigenvalue weighted by Crippen LogP contribution is -2.38. The van der Waals surface area contributed by atoms with Crippen molar-refractivity contribution in [3.8, 4) is 17.2 Å². The summed E-state index contributed by atoms with van der Waals surface area (Å²) in [7, 11) is 7.36. The van der Waals surface area contributed by atoms with Crippen molar-refractivity contribution in [2.24, 2.45) is 19.2 Å². The standard InChI is InChI=1S/C19H22N6O6/c1-23-17-16(18(27)24(2)19(23)28)25(10-20-17)9-15(26)22-21-8-12-13(30-4)6-11(29-3)7-14(12)31-5/h6-8,10H,9H2,1-5H3,(H,22,26). The topological polar surface area (TPSA) is 131 Å². The molecule has 0 bridgehead atoms. The Morgan fingerprint density at radius 2 is 1.74 bits per heavy atom. The van der Waals surface area contributed by atoms with E-state index in [0.717, 1.165) is 4.57 Å². The van der Waals surface area contributed by atoms with E-state index in [0.29, 0.717) is 22.8 Å². The first kappa shape index (κ1) is 21.6. The first-order chi connectivity index (χ1) is 14.8. The first-order valence-corrected chi connectivity index (χ1v) is 9.05. The van der Waals surface area contributed by atoms with Crippen LogP contribution in [0, 0.1) is 0 Å². The summed E-state index contributed by atoms with van der Waals surface area (Å²) in [5.41, 5.74) is 2.18. The second-order valence-corrected chi connectivity index (χ2v) is 6.49. The molecule has 0 unspecified atom stereocenters. The molecule has 0 aliphatic heterocycles. The predicted molar refractivity (Wildman–Crippen MR) is 112 cm³/mol. The maximum atomic E-state index is 12.4. The maximum absolute atomic E-state index is 12.4. The highest BCUT2D eigenvalue weighted by molar-refractivity contribution is 5.89. The van der Waals surface area contributed by atoms with Crippen LogP contribution in [0.1, 0.15) is 5.56 Å². The van der Waals surface area contributed by atoms with Crippen LogP contribution in [0.3, 0.4) is 0 Å². The fraction of sp³-hybridized carbons (Fsp3) is 0.316. The van der Waals surface area contributed by atoms with Crippen LogP contribution in [0.5, 0.6) is 17.2 Å². The Hall–Kier alpha value is -4.09. The van der Waals surface area contributed by atoms with Crippen molar-refractivity contribution in [3.05, 3.63) is 44.9 Å². The average Bonchev–Trinajstić information content (AvgIpc) is 3.19. The van der Waals surface area contributed by atoms with E-state index in [-0.39, 0.29) is 17.7 Å². The third kappa shape index (κ3) is 3.99. The Morgan fingerprint density at radius 3 is 2.32 bits per heavy atom. The summed E-state index contributed by atoms with van der Waals surface area (Å²) in [5.74, 6) is 0.925. The summed E-state index contributed by atoms with van der Waals surface area (Å²) in [6, 6.07) is 3.31. The zero-order valence-corrected chi connectivity index (χ0v) is 17.7. The van der Waals surface area contributed by atoms with Crippen molar-refractivity contribution < 1.29 is 19.0 Å². The number of aromatic nitrogens is 4. The number of nitrogens with zero attached hydrogens (tertiary/aromatic N) is 5. The third-order valence-corrected chi connectivity index (χ3v) is 4.67. The molecule has 0 aliphatic rings. The SMILES string of the molecule is COc1cc(OC)c(C=NNC(=O)Cn2cnc3c2c(=O)n(C)c(=O)n3C)c(OC)c1. The maximum Gasteiger partial charge on any atom is 0.332 e. The molecule has 0 spiro atoms. The van der Waals surface area contributed by atoms with E-state index >= 15 is 0 Å². The van der Waals surface area contributed by atoms with E-state index in [4.69, 9.17) is 14.2 Å². The average molecular weight is 430 g/mol. The lowest BCUT2D eigenvalue weighted by atomic mass is 10.2. The van der Waals surface area contributed by atoms with Gasteiger partial charge in [-0.2, -0.15) is 5.10 Å². The molecule has 0 aliphatic carbocycles. The Balaban J connectivity index is 1.83. The molecule has 3 rings (SSSR count). The molecule has 2 aromatic heterocycles. The van der Waals surface area contributed by atoms with E-state index < -0.39 is 17.2 Å². The molecule has 0 radical (unpaired) electrons. The third-order valence-electron chi connectivity index (χ3n) is 4.67. The number of hydrogen-bond donors (Lipinski definition) is 1. The summed E-state index contributed by atoms with van der Waals surface area (Å²) in [6.07, 6.45) is 2.70. The van der Waals surface area contributed by atoms with Crippen molar-refractivity contribution in [1.82, 2.24) is 24.1 Å². The first-order valence-electron chi connectivity index (χ1n) is 9.05. The van der Waals surface area contributed by atoms with Crippen LogP contribution >= 0.6 is 0 Å². The number of fused-ring (bicyclic) bond motifs is 1. The van der Waals surface area contributed by atoms with Crippen molar-refractivity contribution >= 4 is 23.3 Å². The molecule has 3 aromatic rings. The van der Waals surface area contributed by atoms with Gasteiger partial charge < -0.3 is 18.8 Å². The lowest BCUT2D eigenvalue weighted by molar-refractivity contribution is -0.121. The van der Waals surface area contributed by atoms with Gasteiger partial charge in [-0.05, 0) is 0 Å². The number of carbonyl (C=O) groups is 1. The zero-order chi connectivity index (χ0) is 22.7. The van der Waals surface area contributed by atoms with Crippen molar-refractivity contribution in [1.29, 1.82) is 0 Å². The van der Waals surface area contributed by atoms with Gasteiger partial charge >= 0.3 is 5.69 Å². The van der Waals surface area contributed by atoms with E-state index in [1.165, 1.54) is 57.1 Å². The van der Waals surface area contributed by atoms with Gasteiger partial charge in [-0.15, -0.1) is 0 Å². The van der Waals surface area contributed by atoms with Gasteiger partial charge in [-0.1, -0.05) is 0 Å². The summed E-state index contributed by atoms with van der Waals surface area (Å²) in [6.45, 7) is -0.224. The van der Waals surface area contributed by atoms with E-state index in [1.54, 1.807) is 12.1 Å². The minimum absolute atomic E-state index is 0.141. The molecule has 1 aromatic carbocycles. The van der Waals surface area contributed by atoms with Crippen molar-refractivity contribution in [3.63, 3.8) is 0 Å². The number of aryl methyl sites for hydroxylation is 1. The van der Waals surface area contributed by atoms with E-state index in [9.17, 15) is 14.4 Å². The number of benzene rings is 1. The minimum atomic E-state index is -0.542. The molecule has 1 N–H and O–H groups in total. The fourth-order valence-corrected chi connectivity index (χ4v) is 3.04. The number of hydrogen-bond acceptors (Lipinski definition) is 8. The Labute approximate surface area is 176 Å². The molecule has 12 heteroatoms. The van der Waals surface area contributed by atoms with Gasteiger partial charge in [0.05, 0.1) is 39.4 Å². The van der Waals surface area contributed by atoms with Gasteiger partial charge in [-0.3, -0.25) is 18.7 Å². The van der Waals surface area contributed by atoms with Gasteiger partial charge in [0, 0.05) is 26.2 Å². The second-order valence-electron chi connectivity index (χ2n) is 6.49. The summed E-state index contributed by atoms with van der Waals surface area (Å²) < 4.78 is 19.4. The smallest absolute Gasteiger partial charge is 0.332 e. The quantitative estimate of drug-likeness (QED) is 0.399. The monoisotopic (exact) mass is 430 g/mol. The number of rotatable bonds is 7. The van der Waals surface area contributed by atoms with Crippen LogP contribution in [0.25, 0.3) is 11.2 Å². The lowest BCUT2D eigenvalue weighted by Gasteiger charge is -2.12. The number of amides is 1. The predicted octanol–water partition coefficient (Wildman–Crippen LogP) is -0.390. The molecule has 0 saturated heterocycles. The van der Waals surface area contributed by atoms with E-state index in [2.05, 4.69) is 15.5 Å². The molecular formula is C19H22N6O6. The van der Waals surface area contributed by atoms with Crippen molar-refractivity contribution in [2.45, 2.75) is 6.54 Å². The highest BCUT2D eigenvalue weighted by Gasteiger charge is 2.16. The molecule has 0 saturated carbocycles. The van der Waals surface area contributed by atoms with Crippen LogP contribution in [0.2, 0.25) is 0 Å². The second kappa shape index (κ2) is 8.73. The van der Waals surface area contributed by atoms with Crippen LogP contribution in [0.4, 0.5) is 0 Å². The number of carbonyl (C=O) groups excluding carboxylic acids is 1. The van der Waals surface area contributed by atoms with Crippen LogP contribution in [-0.2, 0) is 25.4 Å². The van der Waals surface area contributed by atoms with Gasteiger partial charge in [0.15, 0.2) is 11.2 Å². The summed E-state index contributed by atoms with van der Waals surface area (Å²) >= 11 is 0. The molecule has 1 amide bonds.